The van der Waals surface area contributed by atoms with E-state index in [9.17, 15) is 4.79 Å². The molecule has 0 spiro atoms. The third kappa shape index (κ3) is 8.97. The van der Waals surface area contributed by atoms with Crippen LogP contribution in [0.5, 0.6) is 11.5 Å². The lowest BCUT2D eigenvalue weighted by Crippen LogP contribution is -2.25. The number of ether oxygens (including phenoxy) is 4. The monoisotopic (exact) mass is 410 g/mol. The Balaban J connectivity index is 1.84. The maximum absolute atomic E-state index is 11.7. The Hall–Kier alpha value is -3.05. The largest absolute Gasteiger partial charge is 0.514 e. The molecular formula is C25H30O5. The average Bonchev–Trinajstić information content (AvgIpc) is 2.66. The van der Waals surface area contributed by atoms with Crippen molar-refractivity contribution in [3.05, 3.63) is 71.8 Å². The highest BCUT2D eigenvalue weighted by Crippen LogP contribution is 2.17. The smallest absolute Gasteiger partial charge is 0.465 e. The van der Waals surface area contributed by atoms with Crippen molar-refractivity contribution >= 4 is 18.3 Å². The van der Waals surface area contributed by atoms with Gasteiger partial charge in [-0.25, -0.2) is 4.79 Å². The van der Waals surface area contributed by atoms with Crippen LogP contribution in [-0.2, 0) is 9.47 Å². The lowest BCUT2D eigenvalue weighted by molar-refractivity contribution is -0.0613. The maximum Gasteiger partial charge on any atom is 0.514 e. The van der Waals surface area contributed by atoms with E-state index in [2.05, 4.69) is 0 Å². The molecule has 0 saturated carbocycles. The van der Waals surface area contributed by atoms with E-state index in [1.165, 1.54) is 0 Å². The molecular weight excluding hydrogens is 380 g/mol. The number of hydrogen-bond acceptors (Lipinski definition) is 5. The van der Waals surface area contributed by atoms with E-state index in [-0.39, 0.29) is 6.29 Å². The van der Waals surface area contributed by atoms with Gasteiger partial charge in [0.15, 0.2) is 6.29 Å². The zero-order valence-electron chi connectivity index (χ0n) is 18.3. The molecule has 30 heavy (non-hydrogen) atoms. The summed E-state index contributed by atoms with van der Waals surface area (Å²) >= 11 is 0. The molecule has 0 saturated heterocycles. The van der Waals surface area contributed by atoms with Crippen molar-refractivity contribution in [2.45, 2.75) is 46.5 Å². The van der Waals surface area contributed by atoms with E-state index in [4.69, 9.17) is 18.9 Å². The van der Waals surface area contributed by atoms with Crippen LogP contribution in [0.4, 0.5) is 4.79 Å². The Morgan fingerprint density at radius 1 is 0.900 bits per heavy atom. The minimum Gasteiger partial charge on any atom is -0.465 e. The molecule has 160 valence electrons. The highest BCUT2D eigenvalue weighted by atomic mass is 16.7. The van der Waals surface area contributed by atoms with Crippen LogP contribution in [0.2, 0.25) is 0 Å². The third-order valence-corrected chi connectivity index (χ3v) is 3.74. The SMILES string of the molecule is CCOC(C)Oc1ccc(C=CC=Cc2ccc(OC(=O)OC(C)(C)C)cc2)cc1. The van der Waals surface area contributed by atoms with Gasteiger partial charge in [0, 0.05) is 6.61 Å². The second-order valence-corrected chi connectivity index (χ2v) is 7.56. The summed E-state index contributed by atoms with van der Waals surface area (Å²) in [6.07, 6.45) is 6.91. The van der Waals surface area contributed by atoms with E-state index in [1.807, 2.05) is 74.5 Å². The van der Waals surface area contributed by atoms with E-state index >= 15 is 0 Å². The fourth-order valence-electron chi connectivity index (χ4n) is 2.47. The molecule has 5 heteroatoms. The summed E-state index contributed by atoms with van der Waals surface area (Å²) < 4.78 is 21.3. The molecule has 0 aliphatic rings. The molecule has 0 bridgehead atoms. The van der Waals surface area contributed by atoms with Crippen LogP contribution in [0, 0.1) is 0 Å². The van der Waals surface area contributed by atoms with E-state index in [0.717, 1.165) is 16.9 Å². The van der Waals surface area contributed by atoms with Gasteiger partial charge in [-0.05, 0) is 70.0 Å². The fraction of sp³-hybridized carbons (Fsp3) is 0.320. The Bertz CT molecular complexity index is 843. The van der Waals surface area contributed by atoms with Gasteiger partial charge in [-0.2, -0.15) is 0 Å². The number of hydrogen-bond donors (Lipinski definition) is 0. The molecule has 0 N–H and O–H groups in total. The zero-order chi connectivity index (χ0) is 22.0. The first-order valence-electron chi connectivity index (χ1n) is 9.99. The van der Waals surface area contributed by atoms with Gasteiger partial charge in [0.25, 0.3) is 0 Å². The van der Waals surface area contributed by atoms with Gasteiger partial charge in [-0.1, -0.05) is 48.6 Å². The number of carbonyl (C=O) groups is 1. The van der Waals surface area contributed by atoms with Crippen molar-refractivity contribution in [3.63, 3.8) is 0 Å². The summed E-state index contributed by atoms with van der Waals surface area (Å²) in [6.45, 7) is 9.81. The van der Waals surface area contributed by atoms with Gasteiger partial charge in [-0.15, -0.1) is 0 Å². The Morgan fingerprint density at radius 2 is 1.40 bits per heavy atom. The van der Waals surface area contributed by atoms with Crippen LogP contribution in [0.25, 0.3) is 12.2 Å². The predicted molar refractivity (Wildman–Crippen MR) is 120 cm³/mol. The summed E-state index contributed by atoms with van der Waals surface area (Å²) in [5, 5.41) is 0. The highest BCUT2D eigenvalue weighted by molar-refractivity contribution is 5.65. The third-order valence-electron chi connectivity index (χ3n) is 3.74. The summed E-state index contributed by atoms with van der Waals surface area (Å²) in [5.74, 6) is 1.22. The fourth-order valence-corrected chi connectivity index (χ4v) is 2.47. The van der Waals surface area contributed by atoms with Crippen molar-refractivity contribution in [2.75, 3.05) is 6.61 Å². The average molecular weight is 411 g/mol. The van der Waals surface area contributed by atoms with Crippen molar-refractivity contribution in [3.8, 4) is 11.5 Å². The van der Waals surface area contributed by atoms with Crippen LogP contribution in [-0.4, -0.2) is 24.7 Å². The minimum absolute atomic E-state index is 0.264. The van der Waals surface area contributed by atoms with Crippen molar-refractivity contribution < 1.29 is 23.7 Å². The molecule has 0 heterocycles. The number of carbonyl (C=O) groups excluding carboxylic acids is 1. The van der Waals surface area contributed by atoms with Gasteiger partial charge in [0.1, 0.15) is 17.1 Å². The molecule has 0 amide bonds. The Labute approximate surface area is 178 Å². The van der Waals surface area contributed by atoms with Gasteiger partial charge < -0.3 is 18.9 Å². The molecule has 2 aromatic carbocycles. The van der Waals surface area contributed by atoms with E-state index in [1.54, 1.807) is 32.9 Å². The van der Waals surface area contributed by atoms with Gasteiger partial charge in [-0.3, -0.25) is 0 Å². The number of allylic oxidation sites excluding steroid dienone is 2. The first-order valence-corrected chi connectivity index (χ1v) is 9.99. The van der Waals surface area contributed by atoms with Crippen molar-refractivity contribution in [1.29, 1.82) is 0 Å². The molecule has 2 aromatic rings. The molecule has 5 nitrogen and oxygen atoms in total. The number of benzene rings is 2. The lowest BCUT2D eigenvalue weighted by atomic mass is 10.2. The van der Waals surface area contributed by atoms with Crippen LogP contribution in [0.1, 0.15) is 45.7 Å². The number of rotatable bonds is 8. The molecule has 1 unspecified atom stereocenters. The van der Waals surface area contributed by atoms with Crippen LogP contribution in [0.15, 0.2) is 60.7 Å². The Kier molecular flexibility index (Phi) is 8.69. The quantitative estimate of drug-likeness (QED) is 0.215. The molecule has 2 rings (SSSR count). The van der Waals surface area contributed by atoms with Gasteiger partial charge in [0.2, 0.25) is 0 Å². The minimum atomic E-state index is -0.711. The second kappa shape index (κ2) is 11.2. The van der Waals surface area contributed by atoms with Gasteiger partial charge >= 0.3 is 6.16 Å². The lowest BCUT2D eigenvalue weighted by Gasteiger charge is -2.18. The summed E-state index contributed by atoms with van der Waals surface area (Å²) in [6, 6.07) is 15.0. The van der Waals surface area contributed by atoms with Crippen molar-refractivity contribution in [1.82, 2.24) is 0 Å². The zero-order valence-corrected chi connectivity index (χ0v) is 18.3. The highest BCUT2D eigenvalue weighted by Gasteiger charge is 2.17. The molecule has 0 aliphatic carbocycles. The van der Waals surface area contributed by atoms with E-state index < -0.39 is 11.8 Å². The predicted octanol–water partition coefficient (Wildman–Crippen LogP) is 6.49. The molecule has 0 aromatic heterocycles. The first-order chi connectivity index (χ1) is 14.2. The summed E-state index contributed by atoms with van der Waals surface area (Å²) in [4.78, 5) is 11.7. The molecule has 0 fully saturated rings. The molecule has 0 aliphatic heterocycles. The summed E-state index contributed by atoms with van der Waals surface area (Å²) in [5.41, 5.74) is 1.48. The molecule has 0 radical (unpaired) electrons. The van der Waals surface area contributed by atoms with Crippen LogP contribution < -0.4 is 9.47 Å². The second-order valence-electron chi connectivity index (χ2n) is 7.56. The maximum atomic E-state index is 11.7. The van der Waals surface area contributed by atoms with Crippen molar-refractivity contribution in [2.24, 2.45) is 0 Å². The summed E-state index contributed by atoms with van der Waals surface area (Å²) in [7, 11) is 0. The standard InChI is InChI=1S/C25H30O5/c1-6-27-19(2)28-22-15-11-20(12-16-22)9-7-8-10-21-13-17-23(18-14-21)29-24(26)30-25(3,4)5/h7-19H,6H2,1-5H3. The van der Waals surface area contributed by atoms with Gasteiger partial charge in [0.05, 0.1) is 0 Å². The first kappa shape index (κ1) is 23.2. The normalized spacial score (nSPS) is 12.8. The van der Waals surface area contributed by atoms with E-state index in [0.29, 0.717) is 12.4 Å². The molecule has 1 atom stereocenters. The Morgan fingerprint density at radius 3 is 1.87 bits per heavy atom. The van der Waals surface area contributed by atoms with Crippen LogP contribution >= 0.6 is 0 Å². The topological polar surface area (TPSA) is 54.0 Å². The van der Waals surface area contributed by atoms with Crippen LogP contribution in [0.3, 0.4) is 0 Å².